The lowest BCUT2D eigenvalue weighted by Gasteiger charge is -2.12. The quantitative estimate of drug-likeness (QED) is 0.928. The third kappa shape index (κ3) is 3.11. The number of nitrogens with zero attached hydrogens (tertiary/aromatic N) is 1. The van der Waals surface area contributed by atoms with Gasteiger partial charge in [0.15, 0.2) is 0 Å². The Morgan fingerprint density at radius 2 is 2.28 bits per heavy atom. The Balaban J connectivity index is 2.42. The van der Waals surface area contributed by atoms with Crippen molar-refractivity contribution in [3.05, 3.63) is 51.6 Å². The average Bonchev–Trinajstić information content (AvgIpc) is 2.77. The van der Waals surface area contributed by atoms with Crippen molar-refractivity contribution in [1.29, 1.82) is 0 Å². The first-order chi connectivity index (χ1) is 8.56. The molecular weight excluding hydrogens is 321 g/mol. The van der Waals surface area contributed by atoms with E-state index in [1.54, 1.807) is 12.1 Å². The largest absolute Gasteiger partial charge is 0.481 e. The molecule has 1 atom stereocenters. The lowest BCUT2D eigenvalue weighted by Crippen LogP contribution is -2.08. The predicted octanol–water partition coefficient (Wildman–Crippen LogP) is 3.70. The maximum atomic E-state index is 10.9. The zero-order valence-corrected chi connectivity index (χ0v) is 11.5. The van der Waals surface area contributed by atoms with Crippen molar-refractivity contribution in [2.24, 2.45) is 0 Å². The van der Waals surface area contributed by atoms with E-state index in [1.165, 1.54) is 12.5 Å². The SMILES string of the molecule is O=C(O)CC(c1cc(Cl)cc(Br)c1)c1ncco1. The first-order valence-electron chi connectivity index (χ1n) is 5.13. The van der Waals surface area contributed by atoms with Crippen LogP contribution in [-0.2, 0) is 4.79 Å². The van der Waals surface area contributed by atoms with E-state index in [0.717, 1.165) is 10.0 Å². The summed E-state index contributed by atoms with van der Waals surface area (Å²) in [4.78, 5) is 15.0. The highest BCUT2D eigenvalue weighted by atomic mass is 79.9. The maximum Gasteiger partial charge on any atom is 0.304 e. The van der Waals surface area contributed by atoms with Gasteiger partial charge >= 0.3 is 5.97 Å². The minimum atomic E-state index is -0.922. The summed E-state index contributed by atoms with van der Waals surface area (Å²) in [7, 11) is 0. The number of benzene rings is 1. The Morgan fingerprint density at radius 3 is 2.83 bits per heavy atom. The van der Waals surface area contributed by atoms with E-state index < -0.39 is 11.9 Å². The highest BCUT2D eigenvalue weighted by Crippen LogP contribution is 2.31. The van der Waals surface area contributed by atoms with Crippen molar-refractivity contribution in [2.75, 3.05) is 0 Å². The second-order valence-corrected chi connectivity index (χ2v) is 5.08. The molecule has 0 aliphatic rings. The fourth-order valence-electron chi connectivity index (χ4n) is 1.71. The predicted molar refractivity (Wildman–Crippen MR) is 69.8 cm³/mol. The van der Waals surface area contributed by atoms with Crippen LogP contribution in [0.5, 0.6) is 0 Å². The summed E-state index contributed by atoms with van der Waals surface area (Å²) >= 11 is 9.29. The van der Waals surface area contributed by atoms with Crippen LogP contribution in [-0.4, -0.2) is 16.1 Å². The number of hydrogen-bond donors (Lipinski definition) is 1. The van der Waals surface area contributed by atoms with Gasteiger partial charge in [-0.3, -0.25) is 4.79 Å². The second kappa shape index (κ2) is 5.54. The number of carboxylic acid groups (broad SMARTS) is 1. The highest BCUT2D eigenvalue weighted by molar-refractivity contribution is 9.10. The van der Waals surface area contributed by atoms with Crippen LogP contribution in [0.25, 0.3) is 0 Å². The number of carboxylic acids is 1. The number of carbonyl (C=O) groups is 1. The van der Waals surface area contributed by atoms with E-state index >= 15 is 0 Å². The fraction of sp³-hybridized carbons (Fsp3) is 0.167. The average molecular weight is 331 g/mol. The van der Waals surface area contributed by atoms with Crippen LogP contribution in [0, 0.1) is 0 Å². The third-order valence-electron chi connectivity index (χ3n) is 2.42. The van der Waals surface area contributed by atoms with Crippen molar-refractivity contribution in [3.8, 4) is 0 Å². The molecule has 0 bridgehead atoms. The fourth-order valence-corrected chi connectivity index (χ4v) is 2.59. The van der Waals surface area contributed by atoms with Crippen LogP contribution in [0.3, 0.4) is 0 Å². The Morgan fingerprint density at radius 1 is 1.50 bits per heavy atom. The molecule has 0 spiro atoms. The molecule has 1 unspecified atom stereocenters. The topological polar surface area (TPSA) is 63.3 Å². The first kappa shape index (κ1) is 13.1. The smallest absolute Gasteiger partial charge is 0.304 e. The van der Waals surface area contributed by atoms with Crippen LogP contribution in [0.1, 0.15) is 23.8 Å². The summed E-state index contributed by atoms with van der Waals surface area (Å²) in [5.74, 6) is -1.01. The van der Waals surface area contributed by atoms with Crippen molar-refractivity contribution in [2.45, 2.75) is 12.3 Å². The molecule has 2 aromatic rings. The van der Waals surface area contributed by atoms with Gasteiger partial charge < -0.3 is 9.52 Å². The number of hydrogen-bond acceptors (Lipinski definition) is 3. The van der Waals surface area contributed by atoms with Gasteiger partial charge in [0, 0.05) is 9.50 Å². The molecule has 1 aromatic carbocycles. The van der Waals surface area contributed by atoms with Crippen LogP contribution in [0.15, 0.2) is 39.5 Å². The molecule has 18 heavy (non-hydrogen) atoms. The van der Waals surface area contributed by atoms with Gasteiger partial charge in [0.2, 0.25) is 5.89 Å². The van der Waals surface area contributed by atoms with Crippen LogP contribution < -0.4 is 0 Å². The van der Waals surface area contributed by atoms with Crippen molar-refractivity contribution in [3.63, 3.8) is 0 Å². The van der Waals surface area contributed by atoms with Gasteiger partial charge in [0.1, 0.15) is 6.26 Å². The minimum Gasteiger partial charge on any atom is -0.481 e. The van der Waals surface area contributed by atoms with E-state index in [9.17, 15) is 4.79 Å². The van der Waals surface area contributed by atoms with Crippen LogP contribution in [0.4, 0.5) is 0 Å². The third-order valence-corrected chi connectivity index (χ3v) is 3.09. The monoisotopic (exact) mass is 329 g/mol. The summed E-state index contributed by atoms with van der Waals surface area (Å²) in [6, 6.07) is 5.26. The van der Waals surface area contributed by atoms with Crippen LogP contribution in [0.2, 0.25) is 5.02 Å². The van der Waals surface area contributed by atoms with E-state index in [0.29, 0.717) is 10.9 Å². The van der Waals surface area contributed by atoms with E-state index in [1.807, 2.05) is 6.07 Å². The molecule has 0 saturated heterocycles. The van der Waals surface area contributed by atoms with Gasteiger partial charge in [-0.25, -0.2) is 4.98 Å². The molecule has 1 N–H and O–H groups in total. The molecule has 6 heteroatoms. The van der Waals surface area contributed by atoms with Gasteiger partial charge in [-0.2, -0.15) is 0 Å². The van der Waals surface area contributed by atoms with E-state index in [2.05, 4.69) is 20.9 Å². The molecule has 0 amide bonds. The molecule has 0 aliphatic carbocycles. The molecule has 94 valence electrons. The standard InChI is InChI=1S/C12H9BrClNO3/c13-8-3-7(4-9(14)5-8)10(6-11(16)17)12-15-1-2-18-12/h1-5,10H,6H2,(H,16,17). The number of halogens is 2. The minimum absolute atomic E-state index is 0.104. The van der Waals surface area contributed by atoms with Gasteiger partial charge in [0.25, 0.3) is 0 Å². The number of rotatable bonds is 4. The summed E-state index contributed by atoms with van der Waals surface area (Å²) in [6.07, 6.45) is 2.81. The Labute approximate surface area is 117 Å². The van der Waals surface area contributed by atoms with Gasteiger partial charge in [-0.15, -0.1) is 0 Å². The number of aromatic nitrogens is 1. The lowest BCUT2D eigenvalue weighted by atomic mass is 9.96. The normalized spacial score (nSPS) is 12.3. The molecule has 4 nitrogen and oxygen atoms in total. The van der Waals surface area contributed by atoms with E-state index in [-0.39, 0.29) is 6.42 Å². The zero-order chi connectivity index (χ0) is 13.1. The highest BCUT2D eigenvalue weighted by Gasteiger charge is 2.22. The van der Waals surface area contributed by atoms with E-state index in [4.69, 9.17) is 21.1 Å². The summed E-state index contributed by atoms with van der Waals surface area (Å²) < 4.78 is 5.98. The van der Waals surface area contributed by atoms with Crippen molar-refractivity contribution >= 4 is 33.5 Å². The van der Waals surface area contributed by atoms with Gasteiger partial charge in [-0.1, -0.05) is 27.5 Å². The molecular formula is C12H9BrClNO3. The first-order valence-corrected chi connectivity index (χ1v) is 6.30. The zero-order valence-electron chi connectivity index (χ0n) is 9.14. The molecule has 1 heterocycles. The Hall–Kier alpha value is -1.33. The maximum absolute atomic E-state index is 10.9. The molecule has 2 rings (SSSR count). The Kier molecular flexibility index (Phi) is 4.04. The summed E-state index contributed by atoms with van der Waals surface area (Å²) in [5, 5.41) is 9.50. The molecule has 0 fully saturated rings. The number of oxazole rings is 1. The van der Waals surface area contributed by atoms with Crippen molar-refractivity contribution in [1.82, 2.24) is 4.98 Å². The number of aliphatic carboxylic acids is 1. The van der Waals surface area contributed by atoms with Crippen molar-refractivity contribution < 1.29 is 14.3 Å². The summed E-state index contributed by atoms with van der Waals surface area (Å²) in [6.45, 7) is 0. The van der Waals surface area contributed by atoms with Gasteiger partial charge in [-0.05, 0) is 23.8 Å². The molecule has 0 aliphatic heterocycles. The second-order valence-electron chi connectivity index (χ2n) is 3.72. The summed E-state index contributed by atoms with van der Waals surface area (Å²) in [5.41, 5.74) is 0.749. The van der Waals surface area contributed by atoms with Crippen LogP contribution >= 0.6 is 27.5 Å². The Bertz CT molecular complexity index is 536. The van der Waals surface area contributed by atoms with Gasteiger partial charge in [0.05, 0.1) is 18.5 Å². The molecule has 1 aromatic heterocycles. The molecule has 0 radical (unpaired) electrons. The lowest BCUT2D eigenvalue weighted by molar-refractivity contribution is -0.137. The molecule has 0 saturated carbocycles.